The van der Waals surface area contributed by atoms with E-state index in [0.29, 0.717) is 17.9 Å². The van der Waals surface area contributed by atoms with Crippen LogP contribution >= 0.6 is 15.9 Å². The van der Waals surface area contributed by atoms with Gasteiger partial charge in [-0.2, -0.15) is 0 Å². The molecule has 5 heteroatoms. The summed E-state index contributed by atoms with van der Waals surface area (Å²) in [6.45, 7) is 0.367. The SMILES string of the molecule is COc1ccc(OC)c(CNC(=O)c2cccc(Br)c2)c1. The smallest absolute Gasteiger partial charge is 0.251 e. The predicted molar refractivity (Wildman–Crippen MR) is 84.9 cm³/mol. The number of benzene rings is 2. The molecule has 0 atom stereocenters. The van der Waals surface area contributed by atoms with E-state index in [1.807, 2.05) is 30.3 Å². The lowest BCUT2D eigenvalue weighted by Crippen LogP contribution is -2.23. The van der Waals surface area contributed by atoms with Crippen molar-refractivity contribution in [3.8, 4) is 11.5 Å². The van der Waals surface area contributed by atoms with Gasteiger partial charge in [-0.15, -0.1) is 0 Å². The van der Waals surface area contributed by atoms with Gasteiger partial charge in [0.15, 0.2) is 0 Å². The highest BCUT2D eigenvalue weighted by Crippen LogP contribution is 2.23. The number of amides is 1. The van der Waals surface area contributed by atoms with Gasteiger partial charge in [-0.1, -0.05) is 22.0 Å². The van der Waals surface area contributed by atoms with Crippen LogP contribution in [0, 0.1) is 0 Å². The van der Waals surface area contributed by atoms with Gasteiger partial charge >= 0.3 is 0 Å². The maximum absolute atomic E-state index is 12.1. The first-order valence-corrected chi connectivity index (χ1v) is 7.18. The molecule has 4 nitrogen and oxygen atoms in total. The molecule has 1 N–H and O–H groups in total. The largest absolute Gasteiger partial charge is 0.497 e. The minimum absolute atomic E-state index is 0.138. The molecular weight excluding hydrogens is 334 g/mol. The zero-order chi connectivity index (χ0) is 15.2. The van der Waals surface area contributed by atoms with Crippen molar-refractivity contribution < 1.29 is 14.3 Å². The summed E-state index contributed by atoms with van der Waals surface area (Å²) in [5.41, 5.74) is 1.46. The van der Waals surface area contributed by atoms with Crippen molar-refractivity contribution in [1.29, 1.82) is 0 Å². The third-order valence-corrected chi connectivity index (χ3v) is 3.51. The molecule has 0 radical (unpaired) electrons. The lowest BCUT2D eigenvalue weighted by atomic mass is 10.1. The Hall–Kier alpha value is -2.01. The van der Waals surface area contributed by atoms with Gasteiger partial charge in [-0.05, 0) is 36.4 Å². The summed E-state index contributed by atoms with van der Waals surface area (Å²) in [5, 5.41) is 2.87. The first-order chi connectivity index (χ1) is 10.1. The number of nitrogens with one attached hydrogen (secondary N) is 1. The van der Waals surface area contributed by atoms with Gasteiger partial charge in [0.1, 0.15) is 11.5 Å². The molecule has 2 aromatic carbocycles. The number of carbonyl (C=O) groups is 1. The molecule has 2 rings (SSSR count). The molecule has 0 aromatic heterocycles. The van der Waals surface area contributed by atoms with E-state index in [1.54, 1.807) is 26.4 Å². The van der Waals surface area contributed by atoms with E-state index in [9.17, 15) is 4.79 Å². The van der Waals surface area contributed by atoms with E-state index in [1.165, 1.54) is 0 Å². The van der Waals surface area contributed by atoms with Crippen LogP contribution in [-0.2, 0) is 6.54 Å². The minimum Gasteiger partial charge on any atom is -0.497 e. The second-order valence-corrected chi connectivity index (χ2v) is 5.29. The molecule has 0 saturated carbocycles. The minimum atomic E-state index is -0.138. The molecule has 0 fully saturated rings. The summed E-state index contributed by atoms with van der Waals surface area (Å²) in [7, 11) is 3.20. The van der Waals surface area contributed by atoms with Crippen LogP contribution in [0.4, 0.5) is 0 Å². The van der Waals surface area contributed by atoms with Gasteiger partial charge in [0.05, 0.1) is 14.2 Å². The van der Waals surface area contributed by atoms with Crippen LogP contribution in [0.3, 0.4) is 0 Å². The predicted octanol–water partition coefficient (Wildman–Crippen LogP) is 3.40. The first kappa shape index (κ1) is 15.4. The van der Waals surface area contributed by atoms with Gasteiger partial charge < -0.3 is 14.8 Å². The normalized spacial score (nSPS) is 10.0. The van der Waals surface area contributed by atoms with Crippen LogP contribution in [-0.4, -0.2) is 20.1 Å². The summed E-state index contributed by atoms with van der Waals surface area (Å²) < 4.78 is 11.3. The Kier molecular flexibility index (Phi) is 5.22. The fraction of sp³-hybridized carbons (Fsp3) is 0.188. The number of ether oxygens (including phenoxy) is 2. The third-order valence-electron chi connectivity index (χ3n) is 3.01. The van der Waals surface area contributed by atoms with Crippen LogP contribution < -0.4 is 14.8 Å². The number of hydrogen-bond donors (Lipinski definition) is 1. The van der Waals surface area contributed by atoms with Crippen LogP contribution in [0.5, 0.6) is 11.5 Å². The molecule has 0 saturated heterocycles. The Balaban J connectivity index is 2.10. The molecule has 2 aromatic rings. The fourth-order valence-electron chi connectivity index (χ4n) is 1.93. The maximum Gasteiger partial charge on any atom is 0.251 e. The second-order valence-electron chi connectivity index (χ2n) is 4.37. The number of halogens is 1. The third kappa shape index (κ3) is 3.98. The zero-order valence-electron chi connectivity index (χ0n) is 11.9. The lowest BCUT2D eigenvalue weighted by molar-refractivity contribution is 0.0950. The summed E-state index contributed by atoms with van der Waals surface area (Å²) in [6.07, 6.45) is 0. The molecule has 0 aliphatic rings. The van der Waals surface area contributed by atoms with Crippen molar-refractivity contribution in [1.82, 2.24) is 5.32 Å². The van der Waals surface area contributed by atoms with E-state index in [0.717, 1.165) is 15.8 Å². The van der Waals surface area contributed by atoms with Gasteiger partial charge in [0.25, 0.3) is 5.91 Å². The second kappa shape index (κ2) is 7.13. The Bertz CT molecular complexity index is 643. The maximum atomic E-state index is 12.1. The van der Waals surface area contributed by atoms with Crippen LogP contribution in [0.1, 0.15) is 15.9 Å². The summed E-state index contributed by atoms with van der Waals surface area (Å²) in [5.74, 6) is 1.30. The zero-order valence-corrected chi connectivity index (χ0v) is 13.4. The van der Waals surface area contributed by atoms with Gasteiger partial charge in [-0.3, -0.25) is 4.79 Å². The van der Waals surface area contributed by atoms with E-state index < -0.39 is 0 Å². The summed E-state index contributed by atoms with van der Waals surface area (Å²) >= 11 is 3.35. The molecule has 0 bridgehead atoms. The molecule has 0 unspecified atom stereocenters. The Morgan fingerprint density at radius 2 is 1.95 bits per heavy atom. The number of hydrogen-bond acceptors (Lipinski definition) is 3. The van der Waals surface area contributed by atoms with Crippen molar-refractivity contribution in [2.75, 3.05) is 14.2 Å². The van der Waals surface area contributed by atoms with Crippen LogP contribution in [0.2, 0.25) is 0 Å². The van der Waals surface area contributed by atoms with E-state index >= 15 is 0 Å². The highest BCUT2D eigenvalue weighted by Gasteiger charge is 2.09. The fourth-order valence-corrected chi connectivity index (χ4v) is 2.33. The molecular formula is C16H16BrNO3. The Morgan fingerprint density at radius 1 is 1.14 bits per heavy atom. The van der Waals surface area contributed by atoms with Crippen molar-refractivity contribution in [2.24, 2.45) is 0 Å². The lowest BCUT2D eigenvalue weighted by Gasteiger charge is -2.11. The number of methoxy groups -OCH3 is 2. The molecule has 0 aliphatic carbocycles. The molecule has 0 aliphatic heterocycles. The first-order valence-electron chi connectivity index (χ1n) is 6.38. The van der Waals surface area contributed by atoms with Gasteiger partial charge in [-0.25, -0.2) is 0 Å². The van der Waals surface area contributed by atoms with Gasteiger partial charge in [0, 0.05) is 22.1 Å². The van der Waals surface area contributed by atoms with Crippen molar-refractivity contribution >= 4 is 21.8 Å². The molecule has 110 valence electrons. The molecule has 21 heavy (non-hydrogen) atoms. The highest BCUT2D eigenvalue weighted by atomic mass is 79.9. The van der Waals surface area contributed by atoms with Crippen LogP contribution in [0.25, 0.3) is 0 Å². The Morgan fingerprint density at radius 3 is 2.62 bits per heavy atom. The molecule has 1 amide bonds. The summed E-state index contributed by atoms with van der Waals surface area (Å²) in [6, 6.07) is 12.7. The topological polar surface area (TPSA) is 47.6 Å². The average molecular weight is 350 g/mol. The summed E-state index contributed by atoms with van der Waals surface area (Å²) in [4.78, 5) is 12.1. The van der Waals surface area contributed by atoms with Crippen LogP contribution in [0.15, 0.2) is 46.9 Å². The molecule has 0 spiro atoms. The quantitative estimate of drug-likeness (QED) is 0.899. The molecule has 0 heterocycles. The number of rotatable bonds is 5. The van der Waals surface area contributed by atoms with Crippen molar-refractivity contribution in [2.45, 2.75) is 6.54 Å². The van der Waals surface area contributed by atoms with Gasteiger partial charge in [0.2, 0.25) is 0 Å². The number of carbonyl (C=O) groups excluding carboxylic acids is 1. The highest BCUT2D eigenvalue weighted by molar-refractivity contribution is 9.10. The average Bonchev–Trinajstić information content (AvgIpc) is 2.52. The Labute approximate surface area is 132 Å². The monoisotopic (exact) mass is 349 g/mol. The van der Waals surface area contributed by atoms with E-state index in [-0.39, 0.29) is 5.91 Å². The van der Waals surface area contributed by atoms with E-state index in [4.69, 9.17) is 9.47 Å². The van der Waals surface area contributed by atoms with Crippen molar-refractivity contribution in [3.05, 3.63) is 58.1 Å². The van der Waals surface area contributed by atoms with Crippen molar-refractivity contribution in [3.63, 3.8) is 0 Å². The standard InChI is InChI=1S/C16H16BrNO3/c1-20-14-6-7-15(21-2)12(9-14)10-18-16(19)11-4-3-5-13(17)8-11/h3-9H,10H2,1-2H3,(H,18,19). The van der Waals surface area contributed by atoms with E-state index in [2.05, 4.69) is 21.2 Å².